The Morgan fingerprint density at radius 1 is 0.362 bits per heavy atom. The minimum Gasteiger partial charge on any atom is -0.497 e. The van der Waals surface area contributed by atoms with Gasteiger partial charge in [-0.2, -0.15) is 0 Å². The minimum absolute atomic E-state index is 0.755. The molecule has 5 heteroatoms. The number of fused-ring (bicyclic) bond motifs is 8. The molecule has 0 N–H and O–H groups in total. The fourth-order valence-electron chi connectivity index (χ4n) is 6.90. The van der Waals surface area contributed by atoms with Crippen LogP contribution in [-0.2, 0) is 0 Å². The normalized spacial score (nSPS) is 11.8. The lowest BCUT2D eigenvalue weighted by Gasteiger charge is -2.09. The SMILES string of the molecule is COc1cc(C)cc(-c2ccc3cc4c(cc3c2)oc2cc3c(cc24)oc2cc4cc(-c5cc(OC)cc(OC)c5)ccc4cc23)c1. The van der Waals surface area contributed by atoms with Gasteiger partial charge in [-0.05, 0) is 129 Å². The van der Waals surface area contributed by atoms with E-state index in [1.54, 1.807) is 21.3 Å². The van der Waals surface area contributed by atoms with Crippen molar-refractivity contribution in [1.82, 2.24) is 0 Å². The first-order valence-corrected chi connectivity index (χ1v) is 15.6. The summed E-state index contributed by atoms with van der Waals surface area (Å²) < 4.78 is 29.5. The highest BCUT2D eigenvalue weighted by atomic mass is 16.5. The molecule has 9 rings (SSSR count). The van der Waals surface area contributed by atoms with Gasteiger partial charge in [-0.25, -0.2) is 0 Å². The predicted molar refractivity (Wildman–Crippen MR) is 191 cm³/mol. The maximum Gasteiger partial charge on any atom is 0.136 e. The molecule has 0 aliphatic heterocycles. The van der Waals surface area contributed by atoms with E-state index >= 15 is 0 Å². The highest BCUT2D eigenvalue weighted by Gasteiger charge is 2.16. The van der Waals surface area contributed by atoms with Gasteiger partial charge in [-0.1, -0.05) is 30.3 Å². The first-order chi connectivity index (χ1) is 23.0. The lowest BCUT2D eigenvalue weighted by molar-refractivity contribution is 0.394. The molecule has 9 aromatic rings. The second kappa shape index (κ2) is 10.3. The van der Waals surface area contributed by atoms with Gasteiger partial charge in [0.25, 0.3) is 0 Å². The van der Waals surface area contributed by atoms with Crippen LogP contribution in [0.3, 0.4) is 0 Å². The number of hydrogen-bond donors (Lipinski definition) is 0. The van der Waals surface area contributed by atoms with E-state index in [9.17, 15) is 0 Å². The summed E-state index contributed by atoms with van der Waals surface area (Å²) in [6.45, 7) is 2.09. The van der Waals surface area contributed by atoms with E-state index in [0.29, 0.717) is 0 Å². The molecule has 0 aliphatic rings. The van der Waals surface area contributed by atoms with Crippen LogP contribution >= 0.6 is 0 Å². The fourth-order valence-corrected chi connectivity index (χ4v) is 6.90. The molecule has 0 amide bonds. The van der Waals surface area contributed by atoms with Crippen LogP contribution in [0.2, 0.25) is 0 Å². The van der Waals surface area contributed by atoms with Crippen LogP contribution in [0.25, 0.3) is 87.7 Å². The Morgan fingerprint density at radius 3 is 1.28 bits per heavy atom. The zero-order chi connectivity index (χ0) is 31.8. The quantitative estimate of drug-likeness (QED) is 0.193. The molecule has 0 radical (unpaired) electrons. The second-order valence-corrected chi connectivity index (χ2v) is 12.2. The number of benzene rings is 7. The van der Waals surface area contributed by atoms with E-state index in [2.05, 4.69) is 91.9 Å². The standard InChI is InChI=1S/C42H30O5/c1-23-9-28(13-32(10-23)43-2)24-5-7-26-16-35-37-21-42-38(22-41(37)46-39(35)18-29(26)11-24)36-17-27-8-6-25(12-30(27)19-40(36)47-42)31-14-33(44-3)20-34(15-31)45-4/h5-22H,1-4H3. The van der Waals surface area contributed by atoms with Crippen LogP contribution in [0.5, 0.6) is 17.2 Å². The average molecular weight is 615 g/mol. The third-order valence-corrected chi connectivity index (χ3v) is 9.28. The number of furan rings is 2. The lowest BCUT2D eigenvalue weighted by Crippen LogP contribution is -1.89. The molecule has 47 heavy (non-hydrogen) atoms. The van der Waals surface area contributed by atoms with Gasteiger partial charge in [-0.15, -0.1) is 0 Å². The molecule has 0 saturated carbocycles. The van der Waals surface area contributed by atoms with Crippen LogP contribution < -0.4 is 14.2 Å². The number of rotatable bonds is 5. The first kappa shape index (κ1) is 27.4. The summed E-state index contributed by atoms with van der Waals surface area (Å²) in [6, 6.07) is 38.2. The molecular weight excluding hydrogens is 584 g/mol. The zero-order valence-corrected chi connectivity index (χ0v) is 26.4. The van der Waals surface area contributed by atoms with Gasteiger partial charge in [-0.3, -0.25) is 0 Å². The van der Waals surface area contributed by atoms with Crippen molar-refractivity contribution in [2.24, 2.45) is 0 Å². The smallest absolute Gasteiger partial charge is 0.136 e. The van der Waals surface area contributed by atoms with Crippen LogP contribution in [0, 0.1) is 6.92 Å². The van der Waals surface area contributed by atoms with E-state index in [1.165, 1.54) is 0 Å². The molecular formula is C42H30O5. The van der Waals surface area contributed by atoms with Crippen molar-refractivity contribution >= 4 is 65.4 Å². The summed E-state index contributed by atoms with van der Waals surface area (Å²) in [5.74, 6) is 2.37. The lowest BCUT2D eigenvalue weighted by atomic mass is 9.98. The Balaban J connectivity index is 1.15. The molecule has 0 fully saturated rings. The van der Waals surface area contributed by atoms with Crippen LogP contribution in [0.4, 0.5) is 0 Å². The fraction of sp³-hybridized carbons (Fsp3) is 0.0952. The maximum absolute atomic E-state index is 6.50. The Labute approximate surface area is 270 Å². The van der Waals surface area contributed by atoms with Crippen molar-refractivity contribution in [3.05, 3.63) is 115 Å². The molecule has 5 nitrogen and oxygen atoms in total. The van der Waals surface area contributed by atoms with Crippen molar-refractivity contribution in [3.63, 3.8) is 0 Å². The van der Waals surface area contributed by atoms with E-state index in [4.69, 9.17) is 23.0 Å². The van der Waals surface area contributed by atoms with E-state index in [1.807, 2.05) is 24.3 Å². The second-order valence-electron chi connectivity index (χ2n) is 12.2. The Hall–Kier alpha value is -5.94. The summed E-state index contributed by atoms with van der Waals surface area (Å²) in [7, 11) is 5.04. The third-order valence-electron chi connectivity index (χ3n) is 9.28. The van der Waals surface area contributed by atoms with Crippen LogP contribution in [0.15, 0.2) is 118 Å². The largest absolute Gasteiger partial charge is 0.497 e. The summed E-state index contributed by atoms with van der Waals surface area (Å²) in [4.78, 5) is 0. The Bertz CT molecular complexity index is 2690. The summed E-state index contributed by atoms with van der Waals surface area (Å²) in [5.41, 5.74) is 8.92. The van der Waals surface area contributed by atoms with Gasteiger partial charge in [0.05, 0.1) is 21.3 Å². The van der Waals surface area contributed by atoms with Crippen molar-refractivity contribution in [2.75, 3.05) is 21.3 Å². The van der Waals surface area contributed by atoms with Crippen molar-refractivity contribution in [2.45, 2.75) is 6.92 Å². The number of ether oxygens (including phenoxy) is 3. The van der Waals surface area contributed by atoms with Gasteiger partial charge in [0.2, 0.25) is 0 Å². The van der Waals surface area contributed by atoms with Gasteiger partial charge < -0.3 is 23.0 Å². The maximum atomic E-state index is 6.50. The third kappa shape index (κ3) is 4.46. The van der Waals surface area contributed by atoms with E-state index in [-0.39, 0.29) is 0 Å². The van der Waals surface area contributed by atoms with Crippen molar-refractivity contribution in [1.29, 1.82) is 0 Å². The van der Waals surface area contributed by atoms with Gasteiger partial charge in [0.15, 0.2) is 0 Å². The monoisotopic (exact) mass is 614 g/mol. The summed E-state index contributed by atoms with van der Waals surface area (Å²) in [5, 5.41) is 8.73. The Kier molecular flexibility index (Phi) is 6.00. The molecule has 7 aromatic carbocycles. The topological polar surface area (TPSA) is 54.0 Å². The first-order valence-electron chi connectivity index (χ1n) is 15.6. The van der Waals surface area contributed by atoms with E-state index < -0.39 is 0 Å². The van der Waals surface area contributed by atoms with Crippen molar-refractivity contribution < 1.29 is 23.0 Å². The van der Waals surface area contributed by atoms with E-state index in [0.717, 1.165) is 110 Å². The number of methoxy groups -OCH3 is 3. The van der Waals surface area contributed by atoms with Crippen LogP contribution in [-0.4, -0.2) is 21.3 Å². The molecule has 0 spiro atoms. The highest BCUT2D eigenvalue weighted by Crippen LogP contribution is 2.40. The molecule has 228 valence electrons. The van der Waals surface area contributed by atoms with Gasteiger partial charge >= 0.3 is 0 Å². The highest BCUT2D eigenvalue weighted by molar-refractivity contribution is 6.18. The molecule has 0 bridgehead atoms. The molecule has 0 aliphatic carbocycles. The van der Waals surface area contributed by atoms with Crippen molar-refractivity contribution in [3.8, 4) is 39.5 Å². The Morgan fingerprint density at radius 2 is 0.787 bits per heavy atom. The van der Waals surface area contributed by atoms with Crippen LogP contribution in [0.1, 0.15) is 5.56 Å². The average Bonchev–Trinajstić information content (AvgIpc) is 3.63. The van der Waals surface area contributed by atoms with Gasteiger partial charge in [0.1, 0.15) is 39.6 Å². The minimum atomic E-state index is 0.755. The molecule has 2 heterocycles. The summed E-state index contributed by atoms with van der Waals surface area (Å²) in [6.07, 6.45) is 0. The van der Waals surface area contributed by atoms with Gasteiger partial charge in [0, 0.05) is 27.6 Å². The number of hydrogen-bond acceptors (Lipinski definition) is 5. The summed E-state index contributed by atoms with van der Waals surface area (Å²) >= 11 is 0. The molecule has 0 atom stereocenters. The predicted octanol–water partition coefficient (Wildman–Crippen LogP) is 11.5. The molecule has 0 unspecified atom stereocenters. The number of aryl methyl sites for hydroxylation is 1. The zero-order valence-electron chi connectivity index (χ0n) is 26.4. The molecule has 0 saturated heterocycles. The molecule has 2 aromatic heterocycles.